The molecule has 1 aromatic heterocycles. The SMILES string of the molecule is COCCOc1cc2ncnc(Nc3ccc(F)c(Cl)c3)c2cc1N1OS(=O)(=O)OS(=O)(=O)OC(=C2CCN(CCOC)CC2)C1=O. The van der Waals surface area contributed by atoms with Crippen molar-refractivity contribution in [2.45, 2.75) is 12.8 Å². The average Bonchev–Trinajstić information content (AvgIpc) is 3.02. The largest absolute Gasteiger partial charge is 0.489 e. The van der Waals surface area contributed by atoms with Crippen molar-refractivity contribution in [2.24, 2.45) is 0 Å². The highest BCUT2D eigenvalue weighted by Crippen LogP contribution is 2.39. The molecule has 0 unspecified atom stereocenters. The van der Waals surface area contributed by atoms with E-state index in [1.54, 1.807) is 7.11 Å². The number of nitrogens with zero attached hydrogens (tertiary/aromatic N) is 4. The van der Waals surface area contributed by atoms with E-state index in [9.17, 15) is 26.0 Å². The second-order valence-corrected chi connectivity index (χ2v) is 13.0. The molecule has 2 fully saturated rings. The molecular weight excluding hydrogens is 689 g/mol. The molecule has 16 nitrogen and oxygen atoms in total. The molecule has 254 valence electrons. The fourth-order valence-corrected chi connectivity index (χ4v) is 6.66. The normalized spacial score (nSPS) is 18.5. The van der Waals surface area contributed by atoms with Crippen LogP contribution in [0.3, 0.4) is 0 Å². The van der Waals surface area contributed by atoms with E-state index >= 15 is 0 Å². The summed E-state index contributed by atoms with van der Waals surface area (Å²) in [6.07, 6.45) is 1.64. The summed E-state index contributed by atoms with van der Waals surface area (Å²) in [6.45, 7) is 1.97. The topological polar surface area (TPSA) is 185 Å². The van der Waals surface area contributed by atoms with Gasteiger partial charge in [-0.05, 0) is 42.7 Å². The van der Waals surface area contributed by atoms with E-state index in [0.29, 0.717) is 37.0 Å². The minimum Gasteiger partial charge on any atom is -0.489 e. The molecule has 2 aliphatic heterocycles. The molecular formula is C27H29ClFN5O11S2. The Kier molecular flexibility index (Phi) is 10.8. The number of halogens is 2. The van der Waals surface area contributed by atoms with Gasteiger partial charge in [-0.3, -0.25) is 4.79 Å². The molecule has 2 aromatic carbocycles. The Morgan fingerprint density at radius 3 is 2.45 bits per heavy atom. The zero-order valence-electron chi connectivity index (χ0n) is 25.0. The molecule has 47 heavy (non-hydrogen) atoms. The number of carbonyl (C=O) groups excluding carboxylic acids is 1. The summed E-state index contributed by atoms with van der Waals surface area (Å²) in [5.41, 5.74) is 0.589. The molecule has 2 aliphatic rings. The third-order valence-electron chi connectivity index (χ3n) is 6.95. The Balaban J connectivity index is 1.63. The van der Waals surface area contributed by atoms with Gasteiger partial charge in [0.25, 0.3) is 0 Å². The van der Waals surface area contributed by atoms with Gasteiger partial charge in [0.05, 0.1) is 23.8 Å². The lowest BCUT2D eigenvalue weighted by atomic mass is 10.0. The Morgan fingerprint density at radius 2 is 1.74 bits per heavy atom. The first-order chi connectivity index (χ1) is 22.4. The zero-order valence-corrected chi connectivity index (χ0v) is 27.4. The van der Waals surface area contributed by atoms with Gasteiger partial charge in [-0.1, -0.05) is 15.2 Å². The maximum atomic E-state index is 14.1. The number of piperidine rings is 1. The standard InChI is InChI=1S/C27H29ClFN5O11S2/c1-40-10-9-33-7-5-17(6-8-33)25-27(35)34(44-47(38,39)45-46(36,37)43-25)23-14-19-22(15-24(23)42-12-11-41-2)30-16-31-26(19)32-18-3-4-21(29)20(28)13-18/h3-4,13-16H,5-12H2,1-2H3,(H,30,31,32). The highest BCUT2D eigenvalue weighted by Gasteiger charge is 2.42. The molecule has 0 atom stereocenters. The van der Waals surface area contributed by atoms with Crippen LogP contribution in [0.1, 0.15) is 12.8 Å². The predicted molar refractivity (Wildman–Crippen MR) is 165 cm³/mol. The molecule has 2 saturated heterocycles. The van der Waals surface area contributed by atoms with Crippen LogP contribution in [-0.2, 0) is 47.2 Å². The number of methoxy groups -OCH3 is 2. The van der Waals surface area contributed by atoms with Crippen molar-refractivity contribution < 1.29 is 52.3 Å². The monoisotopic (exact) mass is 717 g/mol. The van der Waals surface area contributed by atoms with Crippen LogP contribution >= 0.6 is 11.6 Å². The van der Waals surface area contributed by atoms with Crippen molar-refractivity contribution in [3.63, 3.8) is 0 Å². The fourth-order valence-electron chi connectivity index (χ4n) is 4.73. The van der Waals surface area contributed by atoms with Gasteiger partial charge in [0, 0.05) is 51.0 Å². The number of amides is 1. The molecule has 0 bridgehead atoms. The van der Waals surface area contributed by atoms with Gasteiger partial charge < -0.3 is 28.6 Å². The van der Waals surface area contributed by atoms with Crippen molar-refractivity contribution in [2.75, 3.05) is 64.1 Å². The van der Waals surface area contributed by atoms with Crippen molar-refractivity contribution in [1.82, 2.24) is 14.9 Å². The lowest BCUT2D eigenvalue weighted by molar-refractivity contribution is -0.121. The van der Waals surface area contributed by atoms with Gasteiger partial charge in [0.2, 0.25) is 5.76 Å². The number of hydrogen-bond donors (Lipinski definition) is 1. The molecule has 3 aromatic rings. The molecule has 0 spiro atoms. The molecule has 1 N–H and O–H groups in total. The number of anilines is 3. The molecule has 1 amide bonds. The van der Waals surface area contributed by atoms with Crippen molar-refractivity contribution in [1.29, 1.82) is 0 Å². The number of rotatable bonds is 10. The first-order valence-corrected chi connectivity index (χ1v) is 16.9. The summed E-state index contributed by atoms with van der Waals surface area (Å²) < 4.78 is 94.5. The van der Waals surface area contributed by atoms with E-state index in [1.807, 2.05) is 4.90 Å². The third-order valence-corrected chi connectivity index (χ3v) is 9.28. The number of hydroxylamine groups is 1. The average molecular weight is 718 g/mol. The van der Waals surface area contributed by atoms with Crippen molar-refractivity contribution in [3.05, 3.63) is 58.8 Å². The number of carbonyl (C=O) groups is 1. The molecule has 5 rings (SSSR count). The summed E-state index contributed by atoms with van der Waals surface area (Å²) in [5, 5.41) is 3.34. The van der Waals surface area contributed by atoms with Crippen LogP contribution < -0.4 is 15.1 Å². The summed E-state index contributed by atoms with van der Waals surface area (Å²) in [4.78, 5) is 24.6. The highest BCUT2D eigenvalue weighted by molar-refractivity contribution is 7.95. The Bertz CT molecular complexity index is 1900. The number of fused-ring (bicyclic) bond motifs is 1. The van der Waals surface area contributed by atoms with Crippen molar-refractivity contribution >= 4 is 66.4 Å². The number of benzene rings is 2. The Hall–Kier alpha value is -3.69. The molecule has 0 aliphatic carbocycles. The predicted octanol–water partition coefficient (Wildman–Crippen LogP) is 2.99. The van der Waals surface area contributed by atoms with Gasteiger partial charge in [0.1, 0.15) is 36.0 Å². The number of aromatic nitrogens is 2. The number of nitrogens with one attached hydrogen (secondary N) is 1. The maximum Gasteiger partial charge on any atom is 0.465 e. The van der Waals surface area contributed by atoms with Gasteiger partial charge in [-0.15, -0.1) is 4.28 Å². The Labute approximate surface area is 274 Å². The number of likely N-dealkylation sites (tertiary alicyclic amines) is 1. The van der Waals surface area contributed by atoms with E-state index in [0.717, 1.165) is 6.07 Å². The smallest absolute Gasteiger partial charge is 0.465 e. The van der Waals surface area contributed by atoms with E-state index < -0.39 is 38.3 Å². The summed E-state index contributed by atoms with van der Waals surface area (Å²) in [7, 11) is -7.74. The van der Waals surface area contributed by atoms with Crippen LogP contribution in [0.25, 0.3) is 10.9 Å². The second kappa shape index (κ2) is 14.6. The minimum absolute atomic E-state index is 0.0549. The van der Waals surface area contributed by atoms with Crippen molar-refractivity contribution in [3.8, 4) is 5.75 Å². The summed E-state index contributed by atoms with van der Waals surface area (Å²) in [6, 6.07) is 6.53. The van der Waals surface area contributed by atoms with Gasteiger partial charge >= 0.3 is 26.7 Å². The zero-order chi connectivity index (χ0) is 33.8. The fraction of sp³-hybridized carbons (Fsp3) is 0.370. The van der Waals surface area contributed by atoms with Gasteiger partial charge in [-0.2, -0.15) is 21.9 Å². The number of hydrogen-bond acceptors (Lipinski definition) is 15. The van der Waals surface area contributed by atoms with E-state index in [4.69, 9.17) is 34.3 Å². The minimum atomic E-state index is -5.45. The summed E-state index contributed by atoms with van der Waals surface area (Å²) in [5.74, 6) is -2.57. The summed E-state index contributed by atoms with van der Waals surface area (Å²) >= 11 is 5.93. The molecule has 0 saturated carbocycles. The Morgan fingerprint density at radius 1 is 1.00 bits per heavy atom. The van der Waals surface area contributed by atoms with Crippen LogP contribution in [0, 0.1) is 5.82 Å². The van der Waals surface area contributed by atoms with Crippen LogP contribution in [0.2, 0.25) is 5.02 Å². The molecule has 3 heterocycles. The lowest BCUT2D eigenvalue weighted by Crippen LogP contribution is -2.41. The van der Waals surface area contributed by atoms with Crippen LogP contribution in [0.5, 0.6) is 5.75 Å². The van der Waals surface area contributed by atoms with Crippen LogP contribution in [0.15, 0.2) is 48.0 Å². The van der Waals surface area contributed by atoms with E-state index in [1.165, 1.54) is 37.7 Å². The maximum absolute atomic E-state index is 14.1. The van der Waals surface area contributed by atoms with Crippen LogP contribution in [0.4, 0.5) is 21.6 Å². The first-order valence-electron chi connectivity index (χ1n) is 13.9. The third kappa shape index (κ3) is 8.43. The second-order valence-electron chi connectivity index (χ2n) is 10.1. The molecule has 0 radical (unpaired) electrons. The van der Waals surface area contributed by atoms with Gasteiger partial charge in [-0.25, -0.2) is 14.4 Å². The quantitative estimate of drug-likeness (QED) is 0.238. The lowest BCUT2D eigenvalue weighted by Gasteiger charge is -2.30. The first kappa shape index (κ1) is 34.6. The number of ether oxygens (including phenoxy) is 3. The van der Waals surface area contributed by atoms with E-state index in [2.05, 4.69) is 18.9 Å². The highest BCUT2D eigenvalue weighted by atomic mass is 35.5. The van der Waals surface area contributed by atoms with E-state index in [-0.39, 0.29) is 64.8 Å². The molecule has 20 heteroatoms. The van der Waals surface area contributed by atoms with Crippen LogP contribution in [-0.4, -0.2) is 91.3 Å². The van der Waals surface area contributed by atoms with Gasteiger partial charge in [0.15, 0.2) is 0 Å².